The molecule has 9 nitrogen and oxygen atoms in total. The second kappa shape index (κ2) is 9.23. The zero-order valence-corrected chi connectivity index (χ0v) is 17.4. The molecule has 1 fully saturated rings. The molecule has 9 heteroatoms. The number of hydrogen-bond donors (Lipinski definition) is 0. The summed E-state index contributed by atoms with van der Waals surface area (Å²) in [6, 6.07) is 16.5. The maximum atomic E-state index is 13.2. The average Bonchev–Trinajstić information content (AvgIpc) is 3.41. The van der Waals surface area contributed by atoms with Crippen LogP contribution in [0, 0.1) is 0 Å². The monoisotopic (exact) mass is 424 g/mol. The highest BCUT2D eigenvalue weighted by Gasteiger charge is 2.49. The second-order valence-electron chi connectivity index (χ2n) is 6.96. The lowest BCUT2D eigenvalue weighted by Crippen LogP contribution is -2.47. The lowest BCUT2D eigenvalue weighted by molar-refractivity contribution is -0.172. The molecule has 0 amide bonds. The van der Waals surface area contributed by atoms with Crippen molar-refractivity contribution >= 4 is 23.0 Å². The Kier molecular flexibility index (Phi) is 6.24. The van der Waals surface area contributed by atoms with Crippen molar-refractivity contribution in [3.8, 4) is 0 Å². The molecule has 1 aliphatic rings. The normalized spacial score (nSPS) is 19.9. The van der Waals surface area contributed by atoms with Crippen molar-refractivity contribution in [2.24, 2.45) is 0 Å². The van der Waals surface area contributed by atoms with Crippen LogP contribution < -0.4 is 0 Å². The first-order valence-corrected chi connectivity index (χ1v) is 10.2. The fraction of sp³-hybridized carbons (Fsp3) is 0.364. The van der Waals surface area contributed by atoms with Crippen molar-refractivity contribution in [1.29, 1.82) is 0 Å². The van der Waals surface area contributed by atoms with Gasteiger partial charge in [-0.15, -0.1) is 5.10 Å². The van der Waals surface area contributed by atoms with Gasteiger partial charge in [-0.2, -0.15) is 0 Å². The molecule has 1 saturated heterocycles. The largest absolute Gasteiger partial charge is 0.463 e. The first kappa shape index (κ1) is 21.0. The van der Waals surface area contributed by atoms with Crippen molar-refractivity contribution < 1.29 is 23.8 Å². The van der Waals surface area contributed by atoms with Crippen molar-refractivity contribution in [2.75, 3.05) is 19.8 Å². The van der Waals surface area contributed by atoms with E-state index in [4.69, 9.17) is 14.2 Å². The van der Waals surface area contributed by atoms with E-state index in [1.54, 1.807) is 24.8 Å². The van der Waals surface area contributed by atoms with Gasteiger partial charge in [-0.3, -0.25) is 0 Å². The lowest BCUT2D eigenvalue weighted by atomic mass is 10.1. The van der Waals surface area contributed by atoms with Crippen LogP contribution in [0.5, 0.6) is 0 Å². The molecule has 0 aliphatic carbocycles. The zero-order valence-electron chi connectivity index (χ0n) is 17.4. The highest BCUT2D eigenvalue weighted by Crippen LogP contribution is 2.37. The first-order chi connectivity index (χ1) is 15.2. The third-order valence-electron chi connectivity index (χ3n) is 5.10. The van der Waals surface area contributed by atoms with Gasteiger partial charge in [-0.25, -0.2) is 19.2 Å². The Morgan fingerprint density at radius 1 is 1.06 bits per heavy atom. The molecular formula is C22H24N4O5. The number of carbonyl (C=O) groups is 2. The minimum atomic E-state index is -1.09. The summed E-state index contributed by atoms with van der Waals surface area (Å²) in [6.45, 7) is 4.03. The molecule has 0 spiro atoms. The SMILES string of the molecule is CCOC(=O)C1OCC(c2ccccc2)N1C(C(=O)OCC)n1nnc2ccccc21. The van der Waals surface area contributed by atoms with Crippen LogP contribution in [0.4, 0.5) is 0 Å². The molecule has 31 heavy (non-hydrogen) atoms. The number of hydrogen-bond acceptors (Lipinski definition) is 8. The van der Waals surface area contributed by atoms with E-state index in [-0.39, 0.29) is 19.8 Å². The summed E-state index contributed by atoms with van der Waals surface area (Å²) >= 11 is 0. The Bertz CT molecular complexity index is 1050. The molecule has 0 N–H and O–H groups in total. The quantitative estimate of drug-likeness (QED) is 0.534. The van der Waals surface area contributed by atoms with E-state index in [1.165, 1.54) is 4.68 Å². The lowest BCUT2D eigenvalue weighted by Gasteiger charge is -2.33. The molecule has 1 aliphatic heterocycles. The molecular weight excluding hydrogens is 400 g/mol. The van der Waals surface area contributed by atoms with Crippen LogP contribution in [0.1, 0.15) is 31.6 Å². The summed E-state index contributed by atoms with van der Waals surface area (Å²) < 4.78 is 17.9. The fourth-order valence-corrected chi connectivity index (χ4v) is 3.80. The van der Waals surface area contributed by atoms with Gasteiger partial charge in [-0.1, -0.05) is 47.7 Å². The van der Waals surface area contributed by atoms with Gasteiger partial charge in [0.15, 0.2) is 0 Å². The zero-order chi connectivity index (χ0) is 21.8. The predicted molar refractivity (Wildman–Crippen MR) is 111 cm³/mol. The van der Waals surface area contributed by atoms with E-state index in [0.29, 0.717) is 11.0 Å². The van der Waals surface area contributed by atoms with Gasteiger partial charge in [0.1, 0.15) is 5.52 Å². The van der Waals surface area contributed by atoms with Crippen molar-refractivity contribution in [2.45, 2.75) is 32.3 Å². The smallest absolute Gasteiger partial charge is 0.350 e. The van der Waals surface area contributed by atoms with Gasteiger partial charge in [0.25, 0.3) is 0 Å². The third-order valence-corrected chi connectivity index (χ3v) is 5.10. The van der Waals surface area contributed by atoms with E-state index in [2.05, 4.69) is 10.3 Å². The number of para-hydroxylation sites is 1. The Hall–Kier alpha value is -3.30. The number of ether oxygens (including phenoxy) is 3. The van der Waals surface area contributed by atoms with Crippen LogP contribution in [0.3, 0.4) is 0 Å². The van der Waals surface area contributed by atoms with Crippen LogP contribution in [0.15, 0.2) is 54.6 Å². The molecule has 0 radical (unpaired) electrons. The fourth-order valence-electron chi connectivity index (χ4n) is 3.80. The summed E-state index contributed by atoms with van der Waals surface area (Å²) in [6.07, 6.45) is -2.17. The number of carbonyl (C=O) groups excluding carboxylic acids is 2. The Balaban J connectivity index is 1.85. The number of fused-ring (bicyclic) bond motifs is 1. The maximum Gasteiger partial charge on any atom is 0.350 e. The minimum Gasteiger partial charge on any atom is -0.463 e. The molecule has 162 valence electrons. The highest BCUT2D eigenvalue weighted by molar-refractivity contribution is 5.81. The van der Waals surface area contributed by atoms with Crippen molar-refractivity contribution in [1.82, 2.24) is 19.9 Å². The number of aromatic nitrogens is 3. The Morgan fingerprint density at radius 2 is 1.77 bits per heavy atom. The number of esters is 2. The maximum absolute atomic E-state index is 13.2. The standard InChI is InChI=1S/C22H24N4O5/c1-3-29-21(27)19(26-17-13-9-8-12-16(17)23-24-26)25-18(15-10-6-5-7-11-15)14-31-20(25)22(28)30-4-2/h5-13,18-20H,3-4,14H2,1-2H3. The van der Waals surface area contributed by atoms with Crippen LogP contribution in [-0.2, 0) is 23.8 Å². The summed E-state index contributed by atoms with van der Waals surface area (Å²) in [7, 11) is 0. The number of nitrogens with zero attached hydrogens (tertiary/aromatic N) is 4. The van der Waals surface area contributed by atoms with Gasteiger partial charge in [-0.05, 0) is 31.5 Å². The molecule has 3 unspecified atom stereocenters. The second-order valence-corrected chi connectivity index (χ2v) is 6.96. The number of rotatable bonds is 7. The van der Waals surface area contributed by atoms with Gasteiger partial charge in [0.2, 0.25) is 12.4 Å². The first-order valence-electron chi connectivity index (χ1n) is 10.2. The van der Waals surface area contributed by atoms with Crippen molar-refractivity contribution in [3.05, 3.63) is 60.2 Å². The summed E-state index contributed by atoms with van der Waals surface area (Å²) in [5.74, 6) is -1.13. The van der Waals surface area contributed by atoms with E-state index in [1.807, 2.05) is 48.5 Å². The summed E-state index contributed by atoms with van der Waals surface area (Å²) in [5.41, 5.74) is 2.16. The van der Waals surface area contributed by atoms with E-state index < -0.39 is 30.4 Å². The molecule has 4 rings (SSSR count). The Labute approximate surface area is 179 Å². The predicted octanol–water partition coefficient (Wildman–Crippen LogP) is 2.46. The molecule has 3 atom stereocenters. The number of benzene rings is 2. The third kappa shape index (κ3) is 4.01. The van der Waals surface area contributed by atoms with Gasteiger partial charge in [0.05, 0.1) is 31.4 Å². The minimum absolute atomic E-state index is 0.177. The van der Waals surface area contributed by atoms with Crippen molar-refractivity contribution in [3.63, 3.8) is 0 Å². The van der Waals surface area contributed by atoms with E-state index in [9.17, 15) is 9.59 Å². The molecule has 2 heterocycles. The van der Waals surface area contributed by atoms with Gasteiger partial charge < -0.3 is 14.2 Å². The molecule has 1 aromatic heterocycles. The summed E-state index contributed by atoms with van der Waals surface area (Å²) in [5, 5.41) is 8.41. The van der Waals surface area contributed by atoms with Crippen LogP contribution in [0.25, 0.3) is 11.0 Å². The molecule has 0 saturated carbocycles. The Morgan fingerprint density at radius 3 is 2.52 bits per heavy atom. The van der Waals surface area contributed by atoms with Crippen LogP contribution in [-0.4, -0.2) is 57.9 Å². The van der Waals surface area contributed by atoms with E-state index >= 15 is 0 Å². The molecule has 3 aromatic rings. The highest BCUT2D eigenvalue weighted by atomic mass is 16.6. The average molecular weight is 424 g/mol. The van der Waals surface area contributed by atoms with Crippen LogP contribution in [0.2, 0.25) is 0 Å². The summed E-state index contributed by atoms with van der Waals surface area (Å²) in [4.78, 5) is 27.6. The topological polar surface area (TPSA) is 95.8 Å². The van der Waals surface area contributed by atoms with Gasteiger partial charge in [0, 0.05) is 0 Å². The molecule has 0 bridgehead atoms. The molecule has 2 aromatic carbocycles. The van der Waals surface area contributed by atoms with Gasteiger partial charge >= 0.3 is 11.9 Å². The van der Waals surface area contributed by atoms with E-state index in [0.717, 1.165) is 5.56 Å². The van der Waals surface area contributed by atoms with Crippen LogP contribution >= 0.6 is 0 Å².